The van der Waals surface area contributed by atoms with Crippen LogP contribution in [0.1, 0.15) is 5.56 Å². The maximum atomic E-state index is 10.7. The number of alkyl halides is 1. The van der Waals surface area contributed by atoms with Crippen LogP contribution in [0.3, 0.4) is 0 Å². The molecule has 0 unspecified atom stereocenters. The molecule has 0 saturated carbocycles. The van der Waals surface area contributed by atoms with Crippen LogP contribution in [0.2, 0.25) is 0 Å². The van der Waals surface area contributed by atoms with E-state index in [1.54, 1.807) is 12.1 Å². The summed E-state index contributed by atoms with van der Waals surface area (Å²) in [5.41, 5.74) is 7.77. The van der Waals surface area contributed by atoms with Crippen LogP contribution < -0.4 is 26.9 Å². The Bertz CT molecular complexity index is 555. The smallest absolute Gasteiger partial charge is 0.318 e. The third-order valence-corrected chi connectivity index (χ3v) is 5.19. The minimum atomic E-state index is -0.351. The Morgan fingerprint density at radius 1 is 1.17 bits per heavy atom. The van der Waals surface area contributed by atoms with E-state index in [9.17, 15) is 10.1 Å². The average Bonchev–Trinajstić information content (AvgIpc) is 2.38. The molecular formula is C13H12IN2O2+. The molecular weight excluding hydrogens is 343 g/mol. The van der Waals surface area contributed by atoms with E-state index < -0.39 is 0 Å². The highest BCUT2D eigenvalue weighted by Crippen LogP contribution is 2.07. The van der Waals surface area contributed by atoms with Gasteiger partial charge < -0.3 is 5.73 Å². The highest BCUT2D eigenvalue weighted by molar-refractivity contribution is 5.39. The zero-order valence-electron chi connectivity index (χ0n) is 9.54. The second-order valence-corrected chi connectivity index (χ2v) is 6.52. The summed E-state index contributed by atoms with van der Waals surface area (Å²) in [6, 6.07) is 14.7. The van der Waals surface area contributed by atoms with Crippen molar-refractivity contribution in [1.82, 2.24) is 0 Å². The molecule has 0 aliphatic heterocycles. The highest BCUT2D eigenvalue weighted by Gasteiger charge is 2.16. The van der Waals surface area contributed by atoms with Gasteiger partial charge in [0.2, 0.25) is 0 Å². The van der Waals surface area contributed by atoms with Crippen LogP contribution >= 0.6 is 0 Å². The van der Waals surface area contributed by atoms with Gasteiger partial charge in [0.05, 0.1) is 11.0 Å². The van der Waals surface area contributed by atoms with Gasteiger partial charge in [-0.2, -0.15) is 0 Å². The van der Waals surface area contributed by atoms with Crippen molar-refractivity contribution in [1.29, 1.82) is 0 Å². The number of benzene rings is 2. The molecule has 18 heavy (non-hydrogen) atoms. The van der Waals surface area contributed by atoms with Gasteiger partial charge in [0, 0.05) is 17.3 Å². The molecule has 2 rings (SSSR count). The summed E-state index contributed by atoms with van der Waals surface area (Å²) in [4.78, 5) is 10.3. The summed E-state index contributed by atoms with van der Waals surface area (Å²) in [6.45, 7) is 0. The van der Waals surface area contributed by atoms with Gasteiger partial charge in [-0.05, 0) is 18.2 Å². The maximum Gasteiger partial charge on any atom is 0.318 e. The van der Waals surface area contributed by atoms with E-state index >= 15 is 0 Å². The van der Waals surface area contributed by atoms with E-state index in [1.165, 1.54) is 11.6 Å². The fraction of sp³-hybridized carbons (Fsp3) is 0.0769. The first kappa shape index (κ1) is 12.8. The number of hydrogen-bond donors (Lipinski definition) is 1. The second-order valence-electron chi connectivity index (χ2n) is 3.75. The van der Waals surface area contributed by atoms with Gasteiger partial charge >= 0.3 is 21.2 Å². The Labute approximate surface area is 115 Å². The van der Waals surface area contributed by atoms with Crippen molar-refractivity contribution in [2.75, 3.05) is 5.73 Å². The summed E-state index contributed by atoms with van der Waals surface area (Å²) in [6.07, 6.45) is 0. The Balaban J connectivity index is 2.04. The molecule has 2 aromatic carbocycles. The largest absolute Gasteiger partial charge is 0.399 e. The van der Waals surface area contributed by atoms with E-state index in [0.29, 0.717) is 0 Å². The first-order valence-corrected chi connectivity index (χ1v) is 7.93. The number of hydrogen-bond acceptors (Lipinski definition) is 3. The first-order chi connectivity index (χ1) is 8.65. The lowest BCUT2D eigenvalue weighted by Gasteiger charge is -1.94. The van der Waals surface area contributed by atoms with Gasteiger partial charge in [-0.3, -0.25) is 10.1 Å². The van der Waals surface area contributed by atoms with Crippen molar-refractivity contribution in [3.63, 3.8) is 0 Å². The van der Waals surface area contributed by atoms with Crippen molar-refractivity contribution in [3.8, 4) is 0 Å². The van der Waals surface area contributed by atoms with E-state index in [-0.39, 0.29) is 31.8 Å². The Morgan fingerprint density at radius 3 is 2.56 bits per heavy atom. The molecule has 0 heterocycles. The summed E-state index contributed by atoms with van der Waals surface area (Å²) >= 11 is -0.249. The fourth-order valence-electron chi connectivity index (χ4n) is 1.43. The predicted octanol–water partition coefficient (Wildman–Crippen LogP) is -0.364. The number of non-ortho nitro benzene ring substituents is 1. The van der Waals surface area contributed by atoms with Gasteiger partial charge in [-0.1, -0.05) is 18.2 Å². The summed E-state index contributed by atoms with van der Waals surface area (Å²) in [5.74, 6) is 0. The number of nitrogen functional groups attached to an aromatic ring is 1. The first-order valence-electron chi connectivity index (χ1n) is 5.33. The molecule has 0 bridgehead atoms. The Morgan fingerprint density at radius 2 is 1.89 bits per heavy atom. The number of anilines is 1. The van der Waals surface area contributed by atoms with Gasteiger partial charge in [-0.15, -0.1) is 0 Å². The zero-order chi connectivity index (χ0) is 13.0. The molecule has 0 radical (unpaired) electrons. The van der Waals surface area contributed by atoms with Gasteiger partial charge in [0.25, 0.3) is 5.69 Å². The number of nitro groups is 1. The van der Waals surface area contributed by atoms with Crippen molar-refractivity contribution < 1.29 is 26.1 Å². The van der Waals surface area contributed by atoms with Crippen molar-refractivity contribution in [3.05, 3.63) is 67.8 Å². The summed E-state index contributed by atoms with van der Waals surface area (Å²) in [5, 5.41) is 10.7. The van der Waals surface area contributed by atoms with E-state index in [1.807, 2.05) is 30.3 Å². The Kier molecular flexibility index (Phi) is 4.14. The van der Waals surface area contributed by atoms with Gasteiger partial charge in [0.1, 0.15) is 0 Å². The van der Waals surface area contributed by atoms with E-state index in [2.05, 4.69) is 0 Å². The van der Waals surface area contributed by atoms with Gasteiger partial charge in [0.15, 0.2) is 8.00 Å². The molecule has 5 heteroatoms. The van der Waals surface area contributed by atoms with Crippen LogP contribution in [0.15, 0.2) is 48.5 Å². The lowest BCUT2D eigenvalue weighted by molar-refractivity contribution is -0.643. The van der Waals surface area contributed by atoms with Crippen LogP contribution in [-0.2, 0) is 4.43 Å². The molecule has 4 nitrogen and oxygen atoms in total. The quantitative estimate of drug-likeness (QED) is 0.268. The fourth-order valence-corrected chi connectivity index (χ4v) is 3.82. The molecule has 0 spiro atoms. The standard InChI is InChI=1S/C13H12IN2O2/c15-12-6-4-10(5-7-12)9-14-11-2-1-3-13(8-11)16(17)18/h1-8H,9,15H2/q+1. The second kappa shape index (κ2) is 5.81. The van der Waals surface area contributed by atoms with E-state index in [4.69, 9.17) is 5.73 Å². The number of halogens is 1. The van der Waals surface area contributed by atoms with Crippen LogP contribution in [-0.4, -0.2) is 4.92 Å². The lowest BCUT2D eigenvalue weighted by atomic mass is 10.2. The van der Waals surface area contributed by atoms with E-state index in [0.717, 1.165) is 13.7 Å². The number of nitro benzene ring substituents is 1. The molecule has 92 valence electrons. The molecule has 0 fully saturated rings. The SMILES string of the molecule is Nc1ccc(C[I+]c2cccc([N+](=O)[O-])c2)cc1. The van der Waals surface area contributed by atoms with Crippen LogP contribution in [0.5, 0.6) is 0 Å². The molecule has 0 aliphatic rings. The predicted molar refractivity (Wildman–Crippen MR) is 66.4 cm³/mol. The number of nitrogens with zero attached hydrogens (tertiary/aromatic N) is 1. The van der Waals surface area contributed by atoms with Crippen LogP contribution in [0, 0.1) is 13.7 Å². The zero-order valence-corrected chi connectivity index (χ0v) is 11.7. The molecule has 0 aliphatic carbocycles. The number of nitrogens with two attached hydrogens (primary N) is 1. The number of rotatable bonds is 4. The molecule has 2 N–H and O–H groups in total. The van der Waals surface area contributed by atoms with Crippen molar-refractivity contribution >= 4 is 11.4 Å². The lowest BCUT2D eigenvalue weighted by Crippen LogP contribution is -3.61. The molecule has 0 saturated heterocycles. The monoisotopic (exact) mass is 355 g/mol. The topological polar surface area (TPSA) is 69.2 Å². The molecule has 0 aromatic heterocycles. The molecule has 0 atom stereocenters. The van der Waals surface area contributed by atoms with Crippen LogP contribution in [0.4, 0.5) is 11.4 Å². The third kappa shape index (κ3) is 3.43. The third-order valence-electron chi connectivity index (χ3n) is 2.37. The normalized spacial score (nSPS) is 10.2. The molecule has 2 aromatic rings. The van der Waals surface area contributed by atoms with Crippen molar-refractivity contribution in [2.45, 2.75) is 4.43 Å². The highest BCUT2D eigenvalue weighted by atomic mass is 127. The Hall–Kier alpha value is -1.63. The summed E-state index contributed by atoms with van der Waals surface area (Å²) in [7, 11) is 0. The minimum Gasteiger partial charge on any atom is -0.399 e. The minimum absolute atomic E-state index is 0.171. The average molecular weight is 355 g/mol. The van der Waals surface area contributed by atoms with Crippen LogP contribution in [0.25, 0.3) is 0 Å². The van der Waals surface area contributed by atoms with Gasteiger partial charge in [-0.25, -0.2) is 0 Å². The maximum absolute atomic E-state index is 10.7. The molecule has 0 amide bonds. The summed E-state index contributed by atoms with van der Waals surface area (Å²) < 4.78 is 2.04. The van der Waals surface area contributed by atoms with Crippen molar-refractivity contribution in [2.24, 2.45) is 0 Å².